The Morgan fingerprint density at radius 1 is 1.07 bits per heavy atom. The number of anilines is 1. The molecule has 5 heteroatoms. The Balaban J connectivity index is 0.000000176. The Labute approximate surface area is 178 Å². The van der Waals surface area contributed by atoms with E-state index in [1.165, 1.54) is 31.2 Å². The fourth-order valence-electron chi connectivity index (χ4n) is 3.88. The van der Waals surface area contributed by atoms with Crippen molar-refractivity contribution in [2.75, 3.05) is 18.4 Å². The molecule has 2 aromatic carbocycles. The molecule has 1 amide bonds. The molecular formula is C24H28ClN3O. The van der Waals surface area contributed by atoms with Crippen molar-refractivity contribution in [3.8, 4) is 6.07 Å². The van der Waals surface area contributed by atoms with Crippen LogP contribution in [0.2, 0.25) is 5.02 Å². The van der Waals surface area contributed by atoms with Crippen LogP contribution in [0.4, 0.5) is 5.69 Å². The number of nitrogens with one attached hydrogen (secondary N) is 1. The first-order chi connectivity index (χ1) is 14.2. The predicted octanol–water partition coefficient (Wildman–Crippen LogP) is 5.62. The fraction of sp³-hybridized carbons (Fsp3) is 0.417. The molecule has 0 radical (unpaired) electrons. The number of carbonyl (C=O) groups excluding carboxylic acids is 1. The minimum atomic E-state index is 0.392. The van der Waals surface area contributed by atoms with Crippen LogP contribution in [0.1, 0.15) is 49.7 Å². The lowest BCUT2D eigenvalue weighted by molar-refractivity contribution is -0.134. The number of amides is 1. The lowest BCUT2D eigenvalue weighted by atomic mass is 10.1. The molecular weight excluding hydrogens is 382 g/mol. The molecule has 2 fully saturated rings. The van der Waals surface area contributed by atoms with E-state index in [4.69, 9.17) is 16.9 Å². The van der Waals surface area contributed by atoms with Gasteiger partial charge in [-0.25, -0.2) is 0 Å². The molecule has 1 saturated heterocycles. The van der Waals surface area contributed by atoms with Crippen LogP contribution in [0, 0.1) is 17.2 Å². The summed E-state index contributed by atoms with van der Waals surface area (Å²) in [6, 6.07) is 17.5. The van der Waals surface area contributed by atoms with Crippen LogP contribution in [0.25, 0.3) is 0 Å². The minimum Gasteiger partial charge on any atom is -0.381 e. The van der Waals surface area contributed by atoms with Crippen LogP contribution < -0.4 is 5.32 Å². The van der Waals surface area contributed by atoms with Crippen molar-refractivity contribution in [1.82, 2.24) is 4.90 Å². The van der Waals surface area contributed by atoms with Gasteiger partial charge in [0.2, 0.25) is 5.91 Å². The zero-order valence-corrected chi connectivity index (χ0v) is 17.5. The van der Waals surface area contributed by atoms with E-state index in [0.29, 0.717) is 22.4 Å². The molecule has 2 aliphatic rings. The number of likely N-dealkylation sites (tertiary alicyclic amines) is 1. The van der Waals surface area contributed by atoms with E-state index in [-0.39, 0.29) is 0 Å². The Bertz CT molecular complexity index is 817. The van der Waals surface area contributed by atoms with Crippen LogP contribution in [-0.2, 0) is 11.3 Å². The molecule has 1 aliphatic carbocycles. The highest BCUT2D eigenvalue weighted by atomic mass is 35.5. The monoisotopic (exact) mass is 409 g/mol. The Morgan fingerprint density at radius 2 is 1.76 bits per heavy atom. The number of hydrogen-bond donors (Lipinski definition) is 1. The first kappa shape index (κ1) is 21.2. The number of rotatable bonds is 4. The molecule has 4 nitrogen and oxygen atoms in total. The molecule has 29 heavy (non-hydrogen) atoms. The lowest BCUT2D eigenvalue weighted by Crippen LogP contribution is -2.32. The zero-order valence-electron chi connectivity index (χ0n) is 16.7. The van der Waals surface area contributed by atoms with E-state index >= 15 is 0 Å². The molecule has 2 aromatic rings. The highest BCUT2D eigenvalue weighted by Gasteiger charge is 2.28. The molecule has 0 aromatic heterocycles. The summed E-state index contributed by atoms with van der Waals surface area (Å²) in [7, 11) is 0. The predicted molar refractivity (Wildman–Crippen MR) is 118 cm³/mol. The molecule has 0 atom stereocenters. The van der Waals surface area contributed by atoms with E-state index in [1.807, 2.05) is 30.3 Å². The van der Waals surface area contributed by atoms with Crippen molar-refractivity contribution < 1.29 is 4.79 Å². The summed E-state index contributed by atoms with van der Waals surface area (Å²) in [6.45, 7) is 2.79. The molecule has 0 spiro atoms. The zero-order chi connectivity index (χ0) is 20.5. The van der Waals surface area contributed by atoms with Crippen molar-refractivity contribution in [2.45, 2.75) is 45.1 Å². The number of benzene rings is 2. The van der Waals surface area contributed by atoms with Crippen molar-refractivity contribution in [3.05, 3.63) is 64.7 Å². The van der Waals surface area contributed by atoms with E-state index in [0.717, 1.165) is 38.2 Å². The molecule has 1 aliphatic heterocycles. The third-order valence-corrected chi connectivity index (χ3v) is 5.86. The van der Waals surface area contributed by atoms with Crippen LogP contribution in [0.3, 0.4) is 0 Å². The maximum atomic E-state index is 11.8. The molecule has 1 N–H and O–H groups in total. The first-order valence-electron chi connectivity index (χ1n) is 10.4. The van der Waals surface area contributed by atoms with Gasteiger partial charge in [-0.05, 0) is 49.4 Å². The summed E-state index contributed by atoms with van der Waals surface area (Å²) in [5.41, 5.74) is 2.61. The highest BCUT2D eigenvalue weighted by molar-refractivity contribution is 6.32. The maximum absolute atomic E-state index is 11.8. The SMILES string of the molecule is N#Cc1ccc(NCc2ccccc2)cc1Cl.O=C(C1CCCC1)N1CCCC1. The third kappa shape index (κ3) is 6.24. The number of nitriles is 1. The number of nitrogens with zero attached hydrogens (tertiary/aromatic N) is 2. The van der Waals surface area contributed by atoms with Gasteiger partial charge >= 0.3 is 0 Å². The van der Waals surface area contributed by atoms with Gasteiger partial charge in [-0.15, -0.1) is 0 Å². The second-order valence-electron chi connectivity index (χ2n) is 7.66. The minimum absolute atomic E-state index is 0.392. The third-order valence-electron chi connectivity index (χ3n) is 5.55. The van der Waals surface area contributed by atoms with Gasteiger partial charge in [0.15, 0.2) is 0 Å². The molecule has 0 unspecified atom stereocenters. The molecule has 4 rings (SSSR count). The van der Waals surface area contributed by atoms with Gasteiger partial charge in [0.25, 0.3) is 0 Å². The van der Waals surface area contributed by atoms with Crippen molar-refractivity contribution in [1.29, 1.82) is 5.26 Å². The van der Waals surface area contributed by atoms with E-state index in [1.54, 1.807) is 12.1 Å². The average molecular weight is 410 g/mol. The second kappa shape index (κ2) is 10.9. The fourth-order valence-corrected chi connectivity index (χ4v) is 4.11. The maximum Gasteiger partial charge on any atom is 0.225 e. The summed E-state index contributed by atoms with van der Waals surface area (Å²) >= 11 is 5.95. The quantitative estimate of drug-likeness (QED) is 0.712. The lowest BCUT2D eigenvalue weighted by Gasteiger charge is -2.19. The summed E-state index contributed by atoms with van der Waals surface area (Å²) in [5, 5.41) is 12.5. The molecule has 152 valence electrons. The van der Waals surface area contributed by atoms with Gasteiger partial charge in [0.05, 0.1) is 10.6 Å². The summed E-state index contributed by atoms with van der Waals surface area (Å²) in [6.07, 6.45) is 7.27. The standard InChI is InChI=1S/C14H11ClN2.C10H17NO/c15-14-8-13(7-6-12(14)9-16)17-10-11-4-2-1-3-5-11;12-10(9-5-1-2-6-9)11-7-3-4-8-11/h1-8,17H,10H2;9H,1-8H2. The van der Waals surface area contributed by atoms with Crippen molar-refractivity contribution in [2.24, 2.45) is 5.92 Å². The van der Waals surface area contributed by atoms with Crippen molar-refractivity contribution >= 4 is 23.2 Å². The van der Waals surface area contributed by atoms with E-state index < -0.39 is 0 Å². The molecule has 1 heterocycles. The second-order valence-corrected chi connectivity index (χ2v) is 8.07. The highest BCUT2D eigenvalue weighted by Crippen LogP contribution is 2.27. The number of halogens is 1. The molecule has 1 saturated carbocycles. The topological polar surface area (TPSA) is 56.1 Å². The van der Waals surface area contributed by atoms with Crippen LogP contribution in [-0.4, -0.2) is 23.9 Å². The van der Waals surface area contributed by atoms with Gasteiger partial charge in [-0.3, -0.25) is 4.79 Å². The first-order valence-corrected chi connectivity index (χ1v) is 10.8. The van der Waals surface area contributed by atoms with Crippen LogP contribution in [0.15, 0.2) is 48.5 Å². The van der Waals surface area contributed by atoms with Gasteiger partial charge in [-0.1, -0.05) is 54.8 Å². The number of hydrogen-bond acceptors (Lipinski definition) is 3. The Hall–Kier alpha value is -2.51. The Morgan fingerprint density at radius 3 is 2.38 bits per heavy atom. The van der Waals surface area contributed by atoms with Crippen LogP contribution in [0.5, 0.6) is 0 Å². The Kier molecular flexibility index (Phi) is 7.95. The number of carbonyl (C=O) groups is 1. The smallest absolute Gasteiger partial charge is 0.225 e. The van der Waals surface area contributed by atoms with Crippen molar-refractivity contribution in [3.63, 3.8) is 0 Å². The average Bonchev–Trinajstić information content (AvgIpc) is 3.47. The largest absolute Gasteiger partial charge is 0.381 e. The van der Waals surface area contributed by atoms with Gasteiger partial charge in [0.1, 0.15) is 6.07 Å². The van der Waals surface area contributed by atoms with E-state index in [9.17, 15) is 4.79 Å². The van der Waals surface area contributed by atoms with Gasteiger partial charge in [-0.2, -0.15) is 5.26 Å². The van der Waals surface area contributed by atoms with Gasteiger partial charge < -0.3 is 10.2 Å². The summed E-state index contributed by atoms with van der Waals surface area (Å²) < 4.78 is 0. The van der Waals surface area contributed by atoms with E-state index in [2.05, 4.69) is 22.3 Å². The van der Waals surface area contributed by atoms with Crippen LogP contribution >= 0.6 is 11.6 Å². The molecule has 0 bridgehead atoms. The normalized spacial score (nSPS) is 16.1. The van der Waals surface area contributed by atoms with Gasteiger partial charge in [0, 0.05) is 31.2 Å². The summed E-state index contributed by atoms with van der Waals surface area (Å²) in [4.78, 5) is 13.8. The summed E-state index contributed by atoms with van der Waals surface area (Å²) in [5.74, 6) is 0.841.